The lowest BCUT2D eigenvalue weighted by Crippen LogP contribution is -2.57. The highest BCUT2D eigenvalue weighted by atomic mass is 16.5. The van der Waals surface area contributed by atoms with Crippen molar-refractivity contribution >= 4 is 5.91 Å². The van der Waals surface area contributed by atoms with Gasteiger partial charge < -0.3 is 19.3 Å². The molecule has 1 aromatic rings. The Labute approximate surface area is 163 Å². The summed E-state index contributed by atoms with van der Waals surface area (Å²) in [5, 5.41) is 0. The molecular weight excluding hydrogens is 340 g/mol. The van der Waals surface area contributed by atoms with Crippen LogP contribution in [0.15, 0.2) is 18.2 Å². The number of likely N-dealkylation sites (tertiary alicyclic amines) is 1. The topological polar surface area (TPSA) is 42.0 Å². The maximum absolute atomic E-state index is 12.9. The summed E-state index contributed by atoms with van der Waals surface area (Å²) in [4.78, 5) is 17.3. The summed E-state index contributed by atoms with van der Waals surface area (Å²) < 4.78 is 10.7. The van der Waals surface area contributed by atoms with Gasteiger partial charge in [0.2, 0.25) is 5.91 Å². The molecule has 2 aliphatic rings. The standard InChI is InChI=1S/C22H34N2O3/c1-21(2)13-22(14-23(3)4)15-24(12-19(21)22)20(25)10-8-16-7-9-17(26-5)18(11-16)27-6/h7,9,11,19H,8,10,12-15H2,1-6H3/t19-,22+/m1/s1. The fourth-order valence-electron chi connectivity index (χ4n) is 5.60. The van der Waals surface area contributed by atoms with Crippen molar-refractivity contribution in [1.29, 1.82) is 0 Å². The fourth-order valence-corrected chi connectivity index (χ4v) is 5.60. The van der Waals surface area contributed by atoms with Crippen LogP contribution in [-0.2, 0) is 11.2 Å². The Morgan fingerprint density at radius 1 is 1.22 bits per heavy atom. The molecule has 2 atom stereocenters. The van der Waals surface area contributed by atoms with Crippen molar-refractivity contribution in [2.45, 2.75) is 33.1 Å². The van der Waals surface area contributed by atoms with Gasteiger partial charge >= 0.3 is 0 Å². The molecule has 1 saturated heterocycles. The Balaban J connectivity index is 1.62. The second kappa shape index (κ2) is 7.34. The summed E-state index contributed by atoms with van der Waals surface area (Å²) in [7, 11) is 7.55. The lowest BCUT2D eigenvalue weighted by Gasteiger charge is -2.57. The Morgan fingerprint density at radius 3 is 2.52 bits per heavy atom. The molecule has 0 N–H and O–H groups in total. The average molecular weight is 375 g/mol. The predicted molar refractivity (Wildman–Crippen MR) is 107 cm³/mol. The zero-order valence-electron chi connectivity index (χ0n) is 17.7. The van der Waals surface area contributed by atoms with E-state index in [1.807, 2.05) is 18.2 Å². The molecule has 2 fully saturated rings. The van der Waals surface area contributed by atoms with Gasteiger partial charge in [-0.3, -0.25) is 4.79 Å². The van der Waals surface area contributed by atoms with Gasteiger partial charge in [-0.15, -0.1) is 0 Å². The van der Waals surface area contributed by atoms with Gasteiger partial charge in [-0.25, -0.2) is 0 Å². The van der Waals surface area contributed by atoms with Crippen LogP contribution in [0.4, 0.5) is 0 Å². The summed E-state index contributed by atoms with van der Waals surface area (Å²) >= 11 is 0. The minimum absolute atomic E-state index is 0.271. The third kappa shape index (κ3) is 3.79. The van der Waals surface area contributed by atoms with Crippen LogP contribution in [0.25, 0.3) is 0 Å². The highest BCUT2D eigenvalue weighted by Gasteiger charge is 2.63. The summed E-state index contributed by atoms with van der Waals surface area (Å²) in [6.45, 7) is 7.59. The summed E-state index contributed by atoms with van der Waals surface area (Å²) in [6.07, 6.45) is 2.48. The summed E-state index contributed by atoms with van der Waals surface area (Å²) in [5.41, 5.74) is 1.73. The molecule has 1 aliphatic heterocycles. The van der Waals surface area contributed by atoms with Crippen molar-refractivity contribution in [3.8, 4) is 11.5 Å². The Morgan fingerprint density at radius 2 is 1.93 bits per heavy atom. The normalized spacial score (nSPS) is 25.9. The zero-order chi connectivity index (χ0) is 19.8. The van der Waals surface area contributed by atoms with Crippen LogP contribution in [0.3, 0.4) is 0 Å². The van der Waals surface area contributed by atoms with Gasteiger partial charge in [-0.05, 0) is 56.0 Å². The van der Waals surface area contributed by atoms with Gasteiger partial charge in [-0.2, -0.15) is 0 Å². The SMILES string of the molecule is COc1ccc(CCC(=O)N2C[C@@H]3C(C)(C)C[C@]3(CN(C)C)C2)cc1OC. The molecule has 0 unspecified atom stereocenters. The first-order chi connectivity index (χ1) is 12.7. The van der Waals surface area contributed by atoms with E-state index in [0.29, 0.717) is 23.5 Å². The molecule has 1 aromatic carbocycles. The van der Waals surface area contributed by atoms with E-state index in [4.69, 9.17) is 9.47 Å². The molecular formula is C22H34N2O3. The molecule has 3 rings (SSSR count). The van der Waals surface area contributed by atoms with Crippen LogP contribution >= 0.6 is 0 Å². The van der Waals surface area contributed by atoms with Crippen molar-refractivity contribution in [3.05, 3.63) is 23.8 Å². The van der Waals surface area contributed by atoms with Gasteiger partial charge in [0, 0.05) is 31.5 Å². The molecule has 5 heteroatoms. The molecule has 0 bridgehead atoms. The smallest absolute Gasteiger partial charge is 0.222 e. The molecule has 1 heterocycles. The van der Waals surface area contributed by atoms with Crippen molar-refractivity contribution < 1.29 is 14.3 Å². The number of hydrogen-bond acceptors (Lipinski definition) is 4. The van der Waals surface area contributed by atoms with Gasteiger partial charge in [-0.1, -0.05) is 19.9 Å². The highest BCUT2D eigenvalue weighted by molar-refractivity contribution is 5.77. The third-order valence-corrected chi connectivity index (χ3v) is 6.46. The quantitative estimate of drug-likeness (QED) is 0.736. The summed E-state index contributed by atoms with van der Waals surface area (Å²) in [5.74, 6) is 2.32. The molecule has 150 valence electrons. The van der Waals surface area contributed by atoms with Crippen molar-refractivity contribution in [2.75, 3.05) is 47.9 Å². The molecule has 0 spiro atoms. The van der Waals surface area contributed by atoms with Gasteiger partial charge in [0.15, 0.2) is 11.5 Å². The van der Waals surface area contributed by atoms with E-state index < -0.39 is 0 Å². The van der Waals surface area contributed by atoms with Crippen LogP contribution < -0.4 is 9.47 Å². The van der Waals surface area contributed by atoms with Crippen LogP contribution in [-0.4, -0.2) is 63.7 Å². The Kier molecular flexibility index (Phi) is 5.44. The molecule has 0 aromatic heterocycles. The maximum atomic E-state index is 12.9. The van der Waals surface area contributed by atoms with Gasteiger partial charge in [0.25, 0.3) is 0 Å². The lowest BCUT2D eigenvalue weighted by atomic mass is 9.48. The largest absolute Gasteiger partial charge is 0.493 e. The summed E-state index contributed by atoms with van der Waals surface area (Å²) in [6, 6.07) is 5.89. The molecule has 27 heavy (non-hydrogen) atoms. The Hall–Kier alpha value is -1.75. The minimum atomic E-state index is 0.271. The second-order valence-electron chi connectivity index (χ2n) is 9.28. The van der Waals surface area contributed by atoms with Gasteiger partial charge in [0.1, 0.15) is 0 Å². The van der Waals surface area contributed by atoms with Crippen LogP contribution in [0.5, 0.6) is 11.5 Å². The number of rotatable bonds is 7. The molecule has 5 nitrogen and oxygen atoms in total. The first-order valence-electron chi connectivity index (χ1n) is 9.84. The number of carbonyl (C=O) groups excluding carboxylic acids is 1. The third-order valence-electron chi connectivity index (χ3n) is 6.46. The maximum Gasteiger partial charge on any atom is 0.222 e. The fraction of sp³-hybridized carbons (Fsp3) is 0.682. The number of ether oxygens (including phenoxy) is 2. The van der Waals surface area contributed by atoms with E-state index in [-0.39, 0.29) is 11.3 Å². The minimum Gasteiger partial charge on any atom is -0.493 e. The number of methoxy groups -OCH3 is 2. The first-order valence-corrected chi connectivity index (χ1v) is 9.84. The lowest BCUT2D eigenvalue weighted by molar-refractivity contribution is -0.130. The van der Waals surface area contributed by atoms with E-state index in [1.54, 1.807) is 14.2 Å². The Bertz CT molecular complexity index is 697. The van der Waals surface area contributed by atoms with E-state index in [2.05, 4.69) is 37.7 Å². The highest BCUT2D eigenvalue weighted by Crippen LogP contribution is 2.62. The van der Waals surface area contributed by atoms with Crippen molar-refractivity contribution in [2.24, 2.45) is 16.7 Å². The number of fused-ring (bicyclic) bond motifs is 1. The van der Waals surface area contributed by atoms with E-state index in [1.165, 1.54) is 6.42 Å². The first kappa shape index (κ1) is 20.0. The number of carbonyl (C=O) groups is 1. The average Bonchev–Trinajstić information content (AvgIpc) is 2.93. The molecule has 1 amide bonds. The number of aryl methyl sites for hydroxylation is 1. The van der Waals surface area contributed by atoms with E-state index in [0.717, 1.165) is 37.4 Å². The molecule has 1 saturated carbocycles. The number of benzene rings is 1. The zero-order valence-corrected chi connectivity index (χ0v) is 17.7. The van der Waals surface area contributed by atoms with Gasteiger partial charge in [0.05, 0.1) is 14.2 Å². The second-order valence-corrected chi connectivity index (χ2v) is 9.28. The van der Waals surface area contributed by atoms with E-state index in [9.17, 15) is 4.79 Å². The van der Waals surface area contributed by atoms with Crippen molar-refractivity contribution in [3.63, 3.8) is 0 Å². The van der Waals surface area contributed by atoms with Crippen LogP contribution in [0, 0.1) is 16.7 Å². The number of hydrogen-bond donors (Lipinski definition) is 0. The van der Waals surface area contributed by atoms with Crippen LogP contribution in [0.2, 0.25) is 0 Å². The monoisotopic (exact) mass is 374 g/mol. The molecule has 1 aliphatic carbocycles. The molecule has 0 radical (unpaired) electrons. The van der Waals surface area contributed by atoms with Crippen molar-refractivity contribution in [1.82, 2.24) is 9.80 Å². The number of nitrogens with zero attached hydrogens (tertiary/aromatic N) is 2. The van der Waals surface area contributed by atoms with E-state index >= 15 is 0 Å². The predicted octanol–water partition coefficient (Wildman–Crippen LogP) is 3.07. The van der Waals surface area contributed by atoms with Crippen LogP contribution in [0.1, 0.15) is 32.3 Å². The number of amides is 1.